The van der Waals surface area contributed by atoms with Crippen LogP contribution in [-0.2, 0) is 0 Å². The van der Waals surface area contributed by atoms with Gasteiger partial charge < -0.3 is 5.11 Å². The summed E-state index contributed by atoms with van der Waals surface area (Å²) >= 11 is 0. The minimum Gasteiger partial charge on any atom is -0.507 e. The molecule has 0 aromatic heterocycles. The Bertz CT molecular complexity index is 174. The number of aliphatic hydroxyl groups excluding tert-OH is 1. The molecule has 0 rings (SSSR count). The van der Waals surface area contributed by atoms with Crippen molar-refractivity contribution in [2.24, 2.45) is 0 Å². The van der Waals surface area contributed by atoms with Crippen molar-refractivity contribution in [3.05, 3.63) is 24.0 Å². The number of nitriles is 1. The largest absolute Gasteiger partial charge is 0.507 e. The summed E-state index contributed by atoms with van der Waals surface area (Å²) < 4.78 is 0. The third-order valence-corrected chi connectivity index (χ3v) is 0.840. The molecule has 0 amide bonds. The topological polar surface area (TPSA) is 44.0 Å². The van der Waals surface area contributed by atoms with Crippen LogP contribution >= 0.6 is 0 Å². The second-order valence-electron chi connectivity index (χ2n) is 1.58. The van der Waals surface area contributed by atoms with Gasteiger partial charge in [0.05, 0.1) is 5.57 Å². The molecule has 0 aliphatic rings. The number of allylic oxidation sites excluding steroid dienone is 2. The maximum absolute atomic E-state index is 8.66. The van der Waals surface area contributed by atoms with E-state index in [1.807, 2.05) is 13.0 Å². The highest BCUT2D eigenvalue weighted by Gasteiger charge is 1.94. The fourth-order valence-electron chi connectivity index (χ4n) is 0.432. The van der Waals surface area contributed by atoms with Gasteiger partial charge in [-0.1, -0.05) is 19.6 Å². The van der Waals surface area contributed by atoms with Gasteiger partial charge >= 0.3 is 0 Å². The van der Waals surface area contributed by atoms with E-state index in [1.54, 1.807) is 6.08 Å². The number of hydrogen-bond donors (Lipinski definition) is 1. The molecule has 2 heteroatoms. The summed E-state index contributed by atoms with van der Waals surface area (Å²) in [4.78, 5) is 0. The molecule has 9 heavy (non-hydrogen) atoms. The van der Waals surface area contributed by atoms with Gasteiger partial charge in [-0.25, -0.2) is 0 Å². The van der Waals surface area contributed by atoms with E-state index in [9.17, 15) is 0 Å². The van der Waals surface area contributed by atoms with Gasteiger partial charge in [0, 0.05) is 0 Å². The van der Waals surface area contributed by atoms with Crippen molar-refractivity contribution in [3.8, 4) is 6.07 Å². The molecular weight excluding hydrogens is 114 g/mol. The number of rotatable bonds is 2. The zero-order valence-corrected chi connectivity index (χ0v) is 5.39. The Morgan fingerprint density at radius 2 is 2.44 bits per heavy atom. The summed E-state index contributed by atoms with van der Waals surface area (Å²) in [6, 6.07) is 1.81. The molecule has 0 aromatic rings. The Morgan fingerprint density at radius 3 is 2.56 bits per heavy atom. The first-order valence-electron chi connectivity index (χ1n) is 2.70. The molecule has 0 aliphatic carbocycles. The molecule has 0 spiro atoms. The highest BCUT2D eigenvalue weighted by Crippen LogP contribution is 2.02. The van der Waals surface area contributed by atoms with Crippen molar-refractivity contribution in [2.45, 2.75) is 13.3 Å². The van der Waals surface area contributed by atoms with Crippen LogP contribution in [0.2, 0.25) is 0 Å². The van der Waals surface area contributed by atoms with Gasteiger partial charge in [0.15, 0.2) is 0 Å². The van der Waals surface area contributed by atoms with Crippen LogP contribution in [-0.4, -0.2) is 5.11 Å². The van der Waals surface area contributed by atoms with Crippen molar-refractivity contribution in [1.29, 1.82) is 5.26 Å². The molecule has 0 atom stereocenters. The zero-order chi connectivity index (χ0) is 7.28. The quantitative estimate of drug-likeness (QED) is 0.346. The predicted octanol–water partition coefficient (Wildman–Crippen LogP) is 1.92. The molecule has 0 heterocycles. The van der Waals surface area contributed by atoms with Crippen molar-refractivity contribution in [3.63, 3.8) is 0 Å². The summed E-state index contributed by atoms with van der Waals surface area (Å²) in [6.07, 6.45) is 2.37. The van der Waals surface area contributed by atoms with Crippen LogP contribution in [0.1, 0.15) is 13.3 Å². The van der Waals surface area contributed by atoms with Crippen LogP contribution in [0.15, 0.2) is 24.0 Å². The lowest BCUT2D eigenvalue weighted by Gasteiger charge is -1.90. The Hall–Kier alpha value is -1.23. The van der Waals surface area contributed by atoms with E-state index in [0.29, 0.717) is 0 Å². The Labute approximate surface area is 54.7 Å². The van der Waals surface area contributed by atoms with E-state index in [-0.39, 0.29) is 11.3 Å². The minimum atomic E-state index is -0.153. The van der Waals surface area contributed by atoms with Gasteiger partial charge in [-0.3, -0.25) is 0 Å². The van der Waals surface area contributed by atoms with Gasteiger partial charge in [0.25, 0.3) is 0 Å². The molecule has 0 saturated carbocycles. The lowest BCUT2D eigenvalue weighted by Crippen LogP contribution is -1.81. The van der Waals surface area contributed by atoms with Gasteiger partial charge in [-0.15, -0.1) is 0 Å². The maximum atomic E-state index is 8.66. The SMILES string of the molecule is C=C(O)/C(C#N)=C\CC. The molecule has 0 aromatic carbocycles. The van der Waals surface area contributed by atoms with E-state index in [0.717, 1.165) is 6.42 Å². The van der Waals surface area contributed by atoms with Crippen LogP contribution in [0.3, 0.4) is 0 Å². The normalized spacial score (nSPS) is 10.4. The van der Waals surface area contributed by atoms with E-state index in [1.165, 1.54) is 0 Å². The monoisotopic (exact) mass is 123 g/mol. The van der Waals surface area contributed by atoms with Crippen molar-refractivity contribution in [2.75, 3.05) is 0 Å². The lowest BCUT2D eigenvalue weighted by molar-refractivity contribution is 0.429. The number of hydrogen-bond acceptors (Lipinski definition) is 2. The summed E-state index contributed by atoms with van der Waals surface area (Å²) in [6.45, 7) is 5.10. The standard InChI is InChI=1S/C7H9NO/c1-3-4-7(5-8)6(2)9/h4,9H,2-3H2,1H3/b7-4-. The zero-order valence-electron chi connectivity index (χ0n) is 5.39. The van der Waals surface area contributed by atoms with E-state index in [2.05, 4.69) is 6.58 Å². The summed E-state index contributed by atoms with van der Waals surface area (Å²) in [7, 11) is 0. The Morgan fingerprint density at radius 1 is 1.89 bits per heavy atom. The van der Waals surface area contributed by atoms with E-state index < -0.39 is 0 Å². The third-order valence-electron chi connectivity index (χ3n) is 0.840. The highest BCUT2D eigenvalue weighted by atomic mass is 16.3. The van der Waals surface area contributed by atoms with E-state index >= 15 is 0 Å². The highest BCUT2D eigenvalue weighted by molar-refractivity contribution is 5.35. The van der Waals surface area contributed by atoms with Gasteiger partial charge in [-0.2, -0.15) is 5.26 Å². The first-order valence-corrected chi connectivity index (χ1v) is 2.70. The van der Waals surface area contributed by atoms with Crippen LogP contribution in [0.4, 0.5) is 0 Å². The van der Waals surface area contributed by atoms with Crippen LogP contribution in [0, 0.1) is 11.3 Å². The second kappa shape index (κ2) is 3.73. The third kappa shape index (κ3) is 2.55. The molecule has 0 bridgehead atoms. The van der Waals surface area contributed by atoms with Gasteiger partial charge in [0.2, 0.25) is 0 Å². The fraction of sp³-hybridized carbons (Fsp3) is 0.286. The van der Waals surface area contributed by atoms with Gasteiger partial charge in [0.1, 0.15) is 11.8 Å². The molecular formula is C7H9NO. The molecule has 0 unspecified atom stereocenters. The molecule has 0 radical (unpaired) electrons. The molecule has 0 saturated heterocycles. The average molecular weight is 123 g/mol. The van der Waals surface area contributed by atoms with Crippen LogP contribution in [0.25, 0.3) is 0 Å². The second-order valence-corrected chi connectivity index (χ2v) is 1.58. The lowest BCUT2D eigenvalue weighted by atomic mass is 10.2. The molecule has 1 N–H and O–H groups in total. The van der Waals surface area contributed by atoms with Crippen LogP contribution < -0.4 is 0 Å². The first kappa shape index (κ1) is 7.77. The van der Waals surface area contributed by atoms with Crippen LogP contribution in [0.5, 0.6) is 0 Å². The summed E-state index contributed by atoms with van der Waals surface area (Å²) in [5.41, 5.74) is 0.262. The fourth-order valence-corrected chi connectivity index (χ4v) is 0.432. The average Bonchev–Trinajstić information content (AvgIpc) is 1.82. The number of aliphatic hydroxyl groups is 1. The number of nitrogens with zero attached hydrogens (tertiary/aromatic N) is 1. The molecule has 48 valence electrons. The smallest absolute Gasteiger partial charge is 0.125 e. The van der Waals surface area contributed by atoms with E-state index in [4.69, 9.17) is 10.4 Å². The van der Waals surface area contributed by atoms with Crippen molar-refractivity contribution in [1.82, 2.24) is 0 Å². The maximum Gasteiger partial charge on any atom is 0.125 e. The summed E-state index contributed by atoms with van der Waals surface area (Å²) in [5, 5.41) is 16.9. The van der Waals surface area contributed by atoms with Gasteiger partial charge in [-0.05, 0) is 6.42 Å². The Kier molecular flexibility index (Phi) is 3.22. The summed E-state index contributed by atoms with van der Waals surface area (Å²) in [5.74, 6) is -0.153. The van der Waals surface area contributed by atoms with Crippen molar-refractivity contribution < 1.29 is 5.11 Å². The molecule has 0 aliphatic heterocycles. The Balaban J connectivity index is 4.20. The molecule has 2 nitrogen and oxygen atoms in total. The van der Waals surface area contributed by atoms with Crippen molar-refractivity contribution >= 4 is 0 Å². The molecule has 0 fully saturated rings. The predicted molar refractivity (Wildman–Crippen MR) is 35.8 cm³/mol. The first-order chi connectivity index (χ1) is 4.22. The minimum absolute atomic E-state index is 0.153.